The molecule has 2 rings (SSSR count). The highest BCUT2D eigenvalue weighted by molar-refractivity contribution is 6.30. The zero-order valence-electron chi connectivity index (χ0n) is 11.3. The van der Waals surface area contributed by atoms with Crippen LogP contribution in [-0.2, 0) is 6.42 Å². The van der Waals surface area contributed by atoms with E-state index in [1.807, 2.05) is 6.07 Å². The van der Waals surface area contributed by atoms with Crippen molar-refractivity contribution in [1.29, 1.82) is 0 Å². The van der Waals surface area contributed by atoms with Crippen LogP contribution < -0.4 is 5.32 Å². The molecule has 0 bridgehead atoms. The summed E-state index contributed by atoms with van der Waals surface area (Å²) in [5.41, 5.74) is 1.85. The Morgan fingerprint density at radius 3 is 2.67 bits per heavy atom. The standard InChI is InChI=1S/C16H24ClN/c1-2-18-13-16(9-4-3-5-10-16)12-14-7-6-8-15(17)11-14/h6-8,11,18H,2-5,9-10,12-13H2,1H3. The van der Waals surface area contributed by atoms with Crippen molar-refractivity contribution in [3.63, 3.8) is 0 Å². The second-order valence-corrected chi connectivity index (χ2v) is 6.08. The molecule has 2 heteroatoms. The third-order valence-corrected chi connectivity index (χ3v) is 4.37. The normalized spacial score (nSPS) is 18.8. The van der Waals surface area contributed by atoms with E-state index >= 15 is 0 Å². The molecule has 1 N–H and O–H groups in total. The van der Waals surface area contributed by atoms with E-state index in [9.17, 15) is 0 Å². The van der Waals surface area contributed by atoms with Gasteiger partial charge in [0.05, 0.1) is 0 Å². The van der Waals surface area contributed by atoms with Gasteiger partial charge in [-0.25, -0.2) is 0 Å². The van der Waals surface area contributed by atoms with Crippen LogP contribution in [0, 0.1) is 5.41 Å². The van der Waals surface area contributed by atoms with Crippen LogP contribution in [0.2, 0.25) is 5.02 Å². The molecule has 0 heterocycles. The van der Waals surface area contributed by atoms with Gasteiger partial charge >= 0.3 is 0 Å². The maximum Gasteiger partial charge on any atom is 0.0408 e. The molecule has 0 unspecified atom stereocenters. The summed E-state index contributed by atoms with van der Waals surface area (Å²) < 4.78 is 0. The molecule has 0 aromatic heterocycles. The minimum atomic E-state index is 0.457. The summed E-state index contributed by atoms with van der Waals surface area (Å²) in [6, 6.07) is 8.38. The van der Waals surface area contributed by atoms with Gasteiger partial charge in [0.1, 0.15) is 0 Å². The monoisotopic (exact) mass is 265 g/mol. The van der Waals surface area contributed by atoms with Crippen LogP contribution in [0.3, 0.4) is 0 Å². The van der Waals surface area contributed by atoms with Crippen molar-refractivity contribution in [2.45, 2.75) is 45.4 Å². The van der Waals surface area contributed by atoms with Crippen LogP contribution in [-0.4, -0.2) is 13.1 Å². The fourth-order valence-corrected chi connectivity index (χ4v) is 3.40. The first-order valence-electron chi connectivity index (χ1n) is 7.19. The van der Waals surface area contributed by atoms with Crippen molar-refractivity contribution in [2.24, 2.45) is 5.41 Å². The summed E-state index contributed by atoms with van der Waals surface area (Å²) in [6.45, 7) is 4.41. The van der Waals surface area contributed by atoms with Gasteiger partial charge in [-0.2, -0.15) is 0 Å². The molecule has 1 aliphatic rings. The lowest BCUT2D eigenvalue weighted by Crippen LogP contribution is -2.37. The molecule has 0 atom stereocenters. The van der Waals surface area contributed by atoms with E-state index in [4.69, 9.17) is 11.6 Å². The van der Waals surface area contributed by atoms with Gasteiger partial charge in [-0.1, -0.05) is 49.9 Å². The smallest absolute Gasteiger partial charge is 0.0408 e. The van der Waals surface area contributed by atoms with Crippen LogP contribution in [0.25, 0.3) is 0 Å². The number of hydrogen-bond acceptors (Lipinski definition) is 1. The van der Waals surface area contributed by atoms with Gasteiger partial charge in [0.2, 0.25) is 0 Å². The predicted octanol–water partition coefficient (Wildman–Crippen LogP) is 4.44. The Morgan fingerprint density at radius 1 is 1.22 bits per heavy atom. The molecule has 1 fully saturated rings. The molecule has 0 spiro atoms. The van der Waals surface area contributed by atoms with Crippen LogP contribution in [0.15, 0.2) is 24.3 Å². The fraction of sp³-hybridized carbons (Fsp3) is 0.625. The molecular weight excluding hydrogens is 242 g/mol. The second-order valence-electron chi connectivity index (χ2n) is 5.65. The Morgan fingerprint density at radius 2 is 2.00 bits per heavy atom. The molecule has 0 aliphatic heterocycles. The van der Waals surface area contributed by atoms with E-state index in [0.717, 1.165) is 18.1 Å². The molecule has 0 saturated heterocycles. The van der Waals surface area contributed by atoms with Crippen LogP contribution in [0.5, 0.6) is 0 Å². The SMILES string of the molecule is CCNCC1(Cc2cccc(Cl)c2)CCCCC1. The summed E-state index contributed by atoms with van der Waals surface area (Å²) in [5.74, 6) is 0. The van der Waals surface area contributed by atoms with Crippen molar-refractivity contribution >= 4 is 11.6 Å². The highest BCUT2D eigenvalue weighted by Gasteiger charge is 2.31. The largest absolute Gasteiger partial charge is 0.316 e. The van der Waals surface area contributed by atoms with Crippen LogP contribution >= 0.6 is 11.6 Å². The number of nitrogens with one attached hydrogen (secondary N) is 1. The predicted molar refractivity (Wildman–Crippen MR) is 79.2 cm³/mol. The molecule has 100 valence electrons. The zero-order valence-corrected chi connectivity index (χ0v) is 12.1. The first-order chi connectivity index (χ1) is 8.74. The van der Waals surface area contributed by atoms with E-state index in [0.29, 0.717) is 5.41 Å². The topological polar surface area (TPSA) is 12.0 Å². The lowest BCUT2D eigenvalue weighted by atomic mass is 9.70. The second kappa shape index (κ2) is 6.58. The van der Waals surface area contributed by atoms with Crippen LogP contribution in [0.1, 0.15) is 44.6 Å². The maximum absolute atomic E-state index is 6.10. The van der Waals surface area contributed by atoms with E-state index in [2.05, 4.69) is 30.4 Å². The van der Waals surface area contributed by atoms with E-state index in [-0.39, 0.29) is 0 Å². The van der Waals surface area contributed by atoms with Gasteiger partial charge in [-0.3, -0.25) is 0 Å². The Bertz CT molecular complexity index is 369. The van der Waals surface area contributed by atoms with E-state index < -0.39 is 0 Å². The highest BCUT2D eigenvalue weighted by Crippen LogP contribution is 2.39. The Labute approximate surface area is 116 Å². The molecule has 18 heavy (non-hydrogen) atoms. The van der Waals surface area contributed by atoms with Crippen molar-refractivity contribution in [1.82, 2.24) is 5.32 Å². The number of halogens is 1. The first kappa shape index (κ1) is 13.9. The van der Waals surface area contributed by atoms with Gasteiger partial charge in [-0.05, 0) is 48.9 Å². The van der Waals surface area contributed by atoms with Gasteiger partial charge in [0, 0.05) is 11.6 Å². The molecular formula is C16H24ClN. The van der Waals surface area contributed by atoms with Gasteiger partial charge in [0.25, 0.3) is 0 Å². The summed E-state index contributed by atoms with van der Waals surface area (Å²) in [6.07, 6.45) is 8.04. The van der Waals surface area contributed by atoms with E-state index in [1.54, 1.807) is 0 Å². The fourth-order valence-electron chi connectivity index (χ4n) is 3.19. The Kier molecular flexibility index (Phi) is 5.08. The van der Waals surface area contributed by atoms with Crippen molar-refractivity contribution < 1.29 is 0 Å². The number of benzene rings is 1. The molecule has 1 saturated carbocycles. The molecule has 1 aromatic rings. The molecule has 1 nitrogen and oxygen atoms in total. The molecule has 0 radical (unpaired) electrons. The number of hydrogen-bond donors (Lipinski definition) is 1. The van der Waals surface area contributed by atoms with Gasteiger partial charge in [-0.15, -0.1) is 0 Å². The summed E-state index contributed by atoms with van der Waals surface area (Å²) >= 11 is 6.10. The average Bonchev–Trinajstić information content (AvgIpc) is 2.38. The van der Waals surface area contributed by atoms with Crippen molar-refractivity contribution in [3.8, 4) is 0 Å². The third-order valence-electron chi connectivity index (χ3n) is 4.13. The third kappa shape index (κ3) is 3.73. The van der Waals surface area contributed by atoms with Crippen LogP contribution in [0.4, 0.5) is 0 Å². The molecule has 1 aromatic carbocycles. The maximum atomic E-state index is 6.10. The Balaban J connectivity index is 2.08. The average molecular weight is 266 g/mol. The van der Waals surface area contributed by atoms with Gasteiger partial charge in [0.15, 0.2) is 0 Å². The Hall–Kier alpha value is -0.530. The quantitative estimate of drug-likeness (QED) is 0.830. The first-order valence-corrected chi connectivity index (χ1v) is 7.57. The lowest BCUT2D eigenvalue weighted by molar-refractivity contribution is 0.182. The lowest BCUT2D eigenvalue weighted by Gasteiger charge is -2.38. The molecule has 1 aliphatic carbocycles. The minimum absolute atomic E-state index is 0.457. The van der Waals surface area contributed by atoms with E-state index in [1.165, 1.54) is 44.1 Å². The molecule has 0 amide bonds. The summed E-state index contributed by atoms with van der Waals surface area (Å²) in [4.78, 5) is 0. The summed E-state index contributed by atoms with van der Waals surface area (Å²) in [5, 5.41) is 4.42. The van der Waals surface area contributed by atoms with Crippen molar-refractivity contribution in [3.05, 3.63) is 34.9 Å². The van der Waals surface area contributed by atoms with Gasteiger partial charge < -0.3 is 5.32 Å². The number of rotatable bonds is 5. The highest BCUT2D eigenvalue weighted by atomic mass is 35.5. The zero-order chi connectivity index (χ0) is 12.8. The minimum Gasteiger partial charge on any atom is -0.316 e. The van der Waals surface area contributed by atoms with Crippen molar-refractivity contribution in [2.75, 3.05) is 13.1 Å². The summed E-state index contributed by atoms with van der Waals surface area (Å²) in [7, 11) is 0.